The Kier molecular flexibility index (Phi) is 4.73. The molecule has 2 aliphatic rings. The Bertz CT molecular complexity index is 668. The van der Waals surface area contributed by atoms with Crippen molar-refractivity contribution in [3.63, 3.8) is 0 Å². The third-order valence-electron chi connectivity index (χ3n) is 4.63. The van der Waals surface area contributed by atoms with E-state index in [9.17, 15) is 13.2 Å². The number of benzene rings is 1. The van der Waals surface area contributed by atoms with E-state index in [1.165, 1.54) is 11.1 Å². The molecule has 2 saturated heterocycles. The standard InChI is InChI=1S/C17H23NO4S/c1-13-5-7-14(8-6-13)3-2-4-17(19)18-9-10-22-16-12-23(20,21)11-15(16)18/h5-8,15-16H,2-4,9-12H2,1H3. The first kappa shape index (κ1) is 16.5. The first-order chi connectivity index (χ1) is 10.9. The van der Waals surface area contributed by atoms with Gasteiger partial charge in [0.1, 0.15) is 0 Å². The fraction of sp³-hybridized carbons (Fsp3) is 0.588. The van der Waals surface area contributed by atoms with Crippen LogP contribution in [0.25, 0.3) is 0 Å². The van der Waals surface area contributed by atoms with Gasteiger partial charge in [-0.2, -0.15) is 0 Å². The average molecular weight is 337 g/mol. The van der Waals surface area contributed by atoms with Crippen LogP contribution in [-0.4, -0.2) is 56.0 Å². The van der Waals surface area contributed by atoms with E-state index in [2.05, 4.69) is 31.2 Å². The summed E-state index contributed by atoms with van der Waals surface area (Å²) in [7, 11) is -3.08. The number of carbonyl (C=O) groups is 1. The van der Waals surface area contributed by atoms with E-state index < -0.39 is 9.84 Å². The molecule has 0 bridgehead atoms. The molecule has 1 aromatic carbocycles. The Hall–Kier alpha value is -1.40. The van der Waals surface area contributed by atoms with Gasteiger partial charge in [-0.3, -0.25) is 4.79 Å². The number of fused-ring (bicyclic) bond motifs is 1. The third-order valence-corrected chi connectivity index (χ3v) is 6.32. The normalized spacial score (nSPS) is 26.0. The monoisotopic (exact) mass is 337 g/mol. The zero-order valence-electron chi connectivity index (χ0n) is 13.4. The summed E-state index contributed by atoms with van der Waals surface area (Å²) in [4.78, 5) is 14.2. The second kappa shape index (κ2) is 6.61. The lowest BCUT2D eigenvalue weighted by molar-refractivity contribution is -0.142. The number of morpholine rings is 1. The molecule has 1 aromatic rings. The van der Waals surface area contributed by atoms with Crippen molar-refractivity contribution in [2.75, 3.05) is 24.7 Å². The molecule has 3 rings (SSSR count). The predicted octanol–water partition coefficient (Wildman–Crippen LogP) is 1.34. The lowest BCUT2D eigenvalue weighted by Crippen LogP contribution is -2.53. The molecule has 2 aliphatic heterocycles. The summed E-state index contributed by atoms with van der Waals surface area (Å²) in [5, 5.41) is 0. The van der Waals surface area contributed by atoms with Crippen LogP contribution in [0, 0.1) is 6.92 Å². The highest BCUT2D eigenvalue weighted by Gasteiger charge is 2.45. The van der Waals surface area contributed by atoms with E-state index in [0.717, 1.165) is 12.8 Å². The summed E-state index contributed by atoms with van der Waals surface area (Å²) in [5.41, 5.74) is 2.46. The van der Waals surface area contributed by atoms with Gasteiger partial charge in [0.25, 0.3) is 0 Å². The van der Waals surface area contributed by atoms with Crippen LogP contribution in [0.4, 0.5) is 0 Å². The zero-order valence-corrected chi connectivity index (χ0v) is 14.2. The maximum absolute atomic E-state index is 12.5. The van der Waals surface area contributed by atoms with E-state index >= 15 is 0 Å². The van der Waals surface area contributed by atoms with Crippen molar-refractivity contribution >= 4 is 15.7 Å². The molecule has 23 heavy (non-hydrogen) atoms. The molecule has 0 N–H and O–H groups in total. The Balaban J connectivity index is 1.54. The molecule has 0 aromatic heterocycles. The second-order valence-corrected chi connectivity index (χ2v) is 8.63. The molecule has 6 heteroatoms. The van der Waals surface area contributed by atoms with Crippen LogP contribution in [0.3, 0.4) is 0 Å². The van der Waals surface area contributed by atoms with Crippen LogP contribution >= 0.6 is 0 Å². The van der Waals surface area contributed by atoms with Gasteiger partial charge in [0.2, 0.25) is 5.91 Å². The van der Waals surface area contributed by atoms with Gasteiger partial charge in [0, 0.05) is 13.0 Å². The summed E-state index contributed by atoms with van der Waals surface area (Å²) in [6.07, 6.45) is 1.76. The SMILES string of the molecule is Cc1ccc(CCCC(=O)N2CCOC3CS(=O)(=O)CC32)cc1. The number of ether oxygens (including phenoxy) is 1. The lowest BCUT2D eigenvalue weighted by Gasteiger charge is -2.36. The molecule has 2 atom stereocenters. The molecule has 0 saturated carbocycles. The highest BCUT2D eigenvalue weighted by Crippen LogP contribution is 2.25. The number of aryl methyl sites for hydroxylation is 2. The van der Waals surface area contributed by atoms with Crippen LogP contribution < -0.4 is 0 Å². The number of nitrogens with zero attached hydrogens (tertiary/aromatic N) is 1. The van der Waals surface area contributed by atoms with Crippen LogP contribution in [-0.2, 0) is 25.8 Å². The molecule has 2 unspecified atom stereocenters. The summed E-state index contributed by atoms with van der Waals surface area (Å²) in [5.74, 6) is 0.138. The van der Waals surface area contributed by atoms with Crippen LogP contribution in [0.2, 0.25) is 0 Å². The molecule has 0 spiro atoms. The number of hydrogen-bond donors (Lipinski definition) is 0. The van der Waals surface area contributed by atoms with Crippen LogP contribution in [0.1, 0.15) is 24.0 Å². The predicted molar refractivity (Wildman–Crippen MR) is 88.0 cm³/mol. The Morgan fingerprint density at radius 3 is 2.74 bits per heavy atom. The number of hydrogen-bond acceptors (Lipinski definition) is 4. The summed E-state index contributed by atoms with van der Waals surface area (Å²) in [6.45, 7) is 2.98. The minimum absolute atomic E-state index is 0.0430. The molecule has 2 heterocycles. The Morgan fingerprint density at radius 1 is 1.26 bits per heavy atom. The van der Waals surface area contributed by atoms with Crippen molar-refractivity contribution < 1.29 is 17.9 Å². The van der Waals surface area contributed by atoms with Crippen molar-refractivity contribution in [1.29, 1.82) is 0 Å². The first-order valence-corrected chi connectivity index (χ1v) is 9.94. The van der Waals surface area contributed by atoms with Gasteiger partial charge in [-0.1, -0.05) is 29.8 Å². The van der Waals surface area contributed by atoms with E-state index in [0.29, 0.717) is 19.6 Å². The third kappa shape index (κ3) is 3.93. The lowest BCUT2D eigenvalue weighted by atomic mass is 10.1. The van der Waals surface area contributed by atoms with Gasteiger partial charge in [-0.25, -0.2) is 8.42 Å². The summed E-state index contributed by atoms with van der Waals surface area (Å²) >= 11 is 0. The maximum Gasteiger partial charge on any atom is 0.223 e. The topological polar surface area (TPSA) is 63.7 Å². The molecular weight excluding hydrogens is 314 g/mol. The first-order valence-electron chi connectivity index (χ1n) is 8.12. The van der Waals surface area contributed by atoms with Crippen molar-refractivity contribution in [3.05, 3.63) is 35.4 Å². The summed E-state index contributed by atoms with van der Waals surface area (Å²) < 4.78 is 29.1. The number of carbonyl (C=O) groups excluding carboxylic acids is 1. The molecular formula is C17H23NO4S. The average Bonchev–Trinajstić information content (AvgIpc) is 2.82. The van der Waals surface area contributed by atoms with E-state index in [1.807, 2.05) is 0 Å². The van der Waals surface area contributed by atoms with Crippen LogP contribution in [0.15, 0.2) is 24.3 Å². The van der Waals surface area contributed by atoms with Crippen molar-refractivity contribution in [2.24, 2.45) is 0 Å². The maximum atomic E-state index is 12.5. The minimum atomic E-state index is -3.08. The number of sulfone groups is 1. The Labute approximate surface area is 137 Å². The van der Waals surface area contributed by atoms with E-state index in [4.69, 9.17) is 4.74 Å². The molecule has 5 nitrogen and oxygen atoms in total. The smallest absolute Gasteiger partial charge is 0.223 e. The van der Waals surface area contributed by atoms with E-state index in [1.54, 1.807) is 4.90 Å². The van der Waals surface area contributed by atoms with Gasteiger partial charge in [0.15, 0.2) is 9.84 Å². The number of rotatable bonds is 4. The largest absolute Gasteiger partial charge is 0.373 e. The van der Waals surface area contributed by atoms with Gasteiger partial charge >= 0.3 is 0 Å². The molecule has 126 valence electrons. The van der Waals surface area contributed by atoms with Gasteiger partial charge in [-0.05, 0) is 25.3 Å². The molecule has 0 radical (unpaired) electrons. The minimum Gasteiger partial charge on any atom is -0.373 e. The Morgan fingerprint density at radius 2 is 2.00 bits per heavy atom. The molecule has 1 amide bonds. The van der Waals surface area contributed by atoms with Crippen molar-refractivity contribution in [1.82, 2.24) is 4.90 Å². The van der Waals surface area contributed by atoms with Gasteiger partial charge < -0.3 is 9.64 Å². The van der Waals surface area contributed by atoms with Gasteiger partial charge in [0.05, 0.1) is 30.3 Å². The second-order valence-electron chi connectivity index (χ2n) is 6.48. The quantitative estimate of drug-likeness (QED) is 0.832. The highest BCUT2D eigenvalue weighted by atomic mass is 32.2. The van der Waals surface area contributed by atoms with Gasteiger partial charge in [-0.15, -0.1) is 0 Å². The summed E-state index contributed by atoms with van der Waals surface area (Å²) in [6, 6.07) is 8.04. The fourth-order valence-corrected chi connectivity index (χ4v) is 5.24. The van der Waals surface area contributed by atoms with Crippen LogP contribution in [0.5, 0.6) is 0 Å². The molecule has 2 fully saturated rings. The van der Waals surface area contributed by atoms with E-state index in [-0.39, 0.29) is 29.6 Å². The highest BCUT2D eigenvalue weighted by molar-refractivity contribution is 7.91. The number of amides is 1. The zero-order chi connectivity index (χ0) is 16.4. The van der Waals surface area contributed by atoms with Crippen molar-refractivity contribution in [2.45, 2.75) is 38.3 Å². The van der Waals surface area contributed by atoms with Crippen molar-refractivity contribution in [3.8, 4) is 0 Å². The fourth-order valence-electron chi connectivity index (χ4n) is 3.37. The molecule has 0 aliphatic carbocycles.